The highest BCUT2D eigenvalue weighted by molar-refractivity contribution is 7.17. The molecule has 131 heavy (non-hydrogen) atoms. The number of para-hydroxylation sites is 8. The maximum absolute atomic E-state index is 13.9. The second-order valence-electron chi connectivity index (χ2n) is 34.1. The number of urea groups is 2. The Kier molecular flexibility index (Phi) is 21.1. The van der Waals surface area contributed by atoms with Gasteiger partial charge >= 0.3 is 12.1 Å². The number of rotatable bonds is 14. The molecule has 2 fully saturated rings. The molecule has 21 heteroatoms. The number of anilines is 11. The zero-order valence-electron chi connectivity index (χ0n) is 72.4. The molecule has 6 aromatic heterocycles. The molecule has 5 aliphatic rings. The van der Waals surface area contributed by atoms with Crippen LogP contribution in [0.4, 0.5) is 72.2 Å². The minimum atomic E-state index is -0.715. The highest BCUT2D eigenvalue weighted by Gasteiger charge is 2.47. The van der Waals surface area contributed by atoms with Crippen LogP contribution in [0.2, 0.25) is 0 Å². The summed E-state index contributed by atoms with van der Waals surface area (Å²) in [4.78, 5) is 137. The van der Waals surface area contributed by atoms with Crippen molar-refractivity contribution in [1.29, 1.82) is 0 Å². The summed E-state index contributed by atoms with van der Waals surface area (Å²) < 4.78 is 0. The molecule has 2 saturated heterocycles. The van der Waals surface area contributed by atoms with Crippen molar-refractivity contribution in [2.24, 2.45) is 0 Å². The summed E-state index contributed by atoms with van der Waals surface area (Å²) in [5.74, 6) is -2.51. The zero-order valence-corrected chi connectivity index (χ0v) is 74.9. The number of barbiturate groups is 2. The van der Waals surface area contributed by atoms with Crippen molar-refractivity contribution in [3.05, 3.63) is 419 Å². The lowest BCUT2D eigenvalue weighted by Crippen LogP contribution is -2.57. The molecule has 0 atom stereocenters. The van der Waals surface area contributed by atoms with E-state index in [1.54, 1.807) is 78.1 Å². The molecule has 3 aliphatic carbocycles. The fourth-order valence-corrected chi connectivity index (χ4v) is 22.1. The van der Waals surface area contributed by atoms with E-state index in [0.717, 1.165) is 161 Å². The van der Waals surface area contributed by atoms with Gasteiger partial charge in [0.25, 0.3) is 23.6 Å². The number of amides is 8. The van der Waals surface area contributed by atoms with Crippen LogP contribution in [-0.4, -0.2) is 74.5 Å². The van der Waals surface area contributed by atoms with Crippen molar-refractivity contribution >= 4 is 172 Å². The molecule has 22 rings (SSSR count). The van der Waals surface area contributed by atoms with E-state index in [0.29, 0.717) is 22.1 Å². The zero-order chi connectivity index (χ0) is 90.5. The van der Waals surface area contributed by atoms with Gasteiger partial charge in [-0.05, 0) is 190 Å². The van der Waals surface area contributed by atoms with E-state index in [9.17, 15) is 38.4 Å². The van der Waals surface area contributed by atoms with Crippen LogP contribution in [0.1, 0.15) is 89.6 Å². The first-order valence-corrected chi connectivity index (χ1v) is 45.2. The van der Waals surface area contributed by atoms with Gasteiger partial charge in [0.05, 0.1) is 84.0 Å². The van der Waals surface area contributed by atoms with Crippen molar-refractivity contribution < 1.29 is 28.8 Å². The molecule has 0 N–H and O–H groups in total. The average Bonchev–Trinajstić information content (AvgIpc) is 1.58. The number of carbonyl (C=O) groups excluding carboxylic acids is 6. The van der Waals surface area contributed by atoms with Gasteiger partial charge in [-0.25, -0.2) is 19.4 Å². The summed E-state index contributed by atoms with van der Waals surface area (Å²) in [6.07, 6.45) is 10.7. The average molecular weight is 1770 g/mol. The van der Waals surface area contributed by atoms with Gasteiger partial charge in [0.2, 0.25) is 0 Å². The first-order chi connectivity index (χ1) is 63.4. The van der Waals surface area contributed by atoms with Crippen LogP contribution in [0, 0.1) is 0 Å². The molecule has 0 radical (unpaired) electrons. The van der Waals surface area contributed by atoms with Gasteiger partial charge in [0.1, 0.15) is 11.1 Å². The monoisotopic (exact) mass is 1770 g/mol. The van der Waals surface area contributed by atoms with Gasteiger partial charge < -0.3 is 14.7 Å². The molecule has 0 spiro atoms. The maximum Gasteiger partial charge on any atom is 0.343 e. The fraction of sp³-hybridized carbons (Fsp3) is 0.100. The van der Waals surface area contributed by atoms with Crippen molar-refractivity contribution in [3.63, 3.8) is 0 Å². The first kappa shape index (κ1) is 83.4. The third-order valence-electron chi connectivity index (χ3n) is 25.1. The number of imide groups is 4. The predicted molar refractivity (Wildman–Crippen MR) is 527 cm³/mol. The molecule has 0 saturated carbocycles. The van der Waals surface area contributed by atoms with Crippen LogP contribution in [0.15, 0.2) is 355 Å². The molecule has 0 unspecified atom stereocenters. The Balaban J connectivity index is 0.000000124. The topological polar surface area (TPSA) is 198 Å². The molecule has 0 bridgehead atoms. The van der Waals surface area contributed by atoms with Crippen LogP contribution in [-0.2, 0) is 35.4 Å². The lowest BCUT2D eigenvalue weighted by atomic mass is 9.83. The fourth-order valence-electron chi connectivity index (χ4n) is 18.3. The molecule has 638 valence electrons. The molecule has 17 aromatic rings. The number of hydrogen-bond donors (Lipinski definition) is 0. The van der Waals surface area contributed by atoms with Gasteiger partial charge in [-0.1, -0.05) is 224 Å². The van der Waals surface area contributed by atoms with Crippen LogP contribution in [0.3, 0.4) is 0 Å². The van der Waals surface area contributed by atoms with Gasteiger partial charge in [-0.2, -0.15) is 0 Å². The van der Waals surface area contributed by atoms with E-state index in [2.05, 4.69) is 153 Å². The Hall–Kier alpha value is -15.8. The summed E-state index contributed by atoms with van der Waals surface area (Å²) in [7, 11) is 2.76. The lowest BCUT2D eigenvalue weighted by molar-refractivity contribution is -0.134. The van der Waals surface area contributed by atoms with Crippen molar-refractivity contribution in [1.82, 2.24) is 24.8 Å². The second kappa shape index (κ2) is 33.1. The molecular weight excluding hydrogens is 1690 g/mol. The van der Waals surface area contributed by atoms with Crippen LogP contribution < -0.4 is 40.6 Å². The van der Waals surface area contributed by atoms with E-state index in [-0.39, 0.29) is 38.1 Å². The Morgan fingerprint density at radius 2 is 0.565 bits per heavy atom. The molecular formula is C110H82N10O8S3. The van der Waals surface area contributed by atoms with Crippen LogP contribution >= 0.6 is 34.0 Å². The van der Waals surface area contributed by atoms with Gasteiger partial charge in [-0.3, -0.25) is 53.5 Å². The van der Waals surface area contributed by atoms with E-state index in [1.807, 2.05) is 188 Å². The second-order valence-corrected chi connectivity index (χ2v) is 37.4. The Labute approximate surface area is 767 Å². The number of benzene rings is 11. The number of carbonyl (C=O) groups is 6. The summed E-state index contributed by atoms with van der Waals surface area (Å²) >= 11 is 4.57. The van der Waals surface area contributed by atoms with Crippen molar-refractivity contribution in [3.8, 4) is 31.7 Å². The van der Waals surface area contributed by atoms with Gasteiger partial charge in [-0.15, -0.1) is 34.0 Å². The van der Waals surface area contributed by atoms with Crippen LogP contribution in [0.5, 0.6) is 0 Å². The van der Waals surface area contributed by atoms with E-state index >= 15 is 0 Å². The van der Waals surface area contributed by atoms with Crippen molar-refractivity contribution in [2.45, 2.75) is 57.8 Å². The molecule has 11 aromatic carbocycles. The Bertz CT molecular complexity index is 7470. The number of hydrogen-bond acceptors (Lipinski definition) is 17. The maximum atomic E-state index is 13.9. The molecule has 18 nitrogen and oxygen atoms in total. The Morgan fingerprint density at radius 3 is 0.863 bits per heavy atom. The lowest BCUT2D eigenvalue weighted by Gasteiger charge is -2.33. The van der Waals surface area contributed by atoms with Crippen LogP contribution in [0.25, 0.3) is 71.5 Å². The first-order valence-electron chi connectivity index (χ1n) is 42.8. The van der Waals surface area contributed by atoms with E-state index < -0.39 is 41.1 Å². The molecule has 8 heterocycles. The number of likely N-dealkylation sites (N-methyl/N-ethyl adjacent to an activating group) is 2. The highest BCUT2D eigenvalue weighted by atomic mass is 32.1. The quantitative estimate of drug-likeness (QED) is 0.0736. The minimum absolute atomic E-state index is 0.0257. The number of aromatic nitrogens is 3. The normalized spacial score (nSPS) is 14.7. The summed E-state index contributed by atoms with van der Waals surface area (Å²) in [5, 5.41) is 3.05. The largest absolute Gasteiger partial charge is 0.343 e. The molecule has 2 aliphatic heterocycles. The summed E-state index contributed by atoms with van der Waals surface area (Å²) in [6, 6.07) is 102. The third kappa shape index (κ3) is 14.5. The molecule has 8 amide bonds. The minimum Gasteiger partial charge on any atom is -0.309 e. The van der Waals surface area contributed by atoms with Gasteiger partial charge in [0, 0.05) is 95.3 Å². The SMILES string of the molecule is CC1(C)c2cc(N(c3ccccc3)c3ccccc3)cnc2-c2sc(C=C3C(=O)N(c4ccccc4)C(=O)N(c4ccccc4)C3=O)cc21.CC1(C)c2cc(N(c3ccccc3)c3ccccc3)cnc2-c2sc(C=c3c(=O)c4cccc5cccc(c3=O)c54)cc21.CN1C(=O)C(=Cc2cc3c(s2)-c2ncc(N(c4ccccc4)c4ccccc4)cc2C3(C)C)C(=O)N(C)C1=O. The number of nitrogens with zero attached hydrogens (tertiary/aromatic N) is 10. The smallest absolute Gasteiger partial charge is 0.309 e. The van der Waals surface area contributed by atoms with E-state index in [1.165, 1.54) is 36.8 Å². The number of thiophene rings is 3. The van der Waals surface area contributed by atoms with E-state index in [4.69, 9.17) is 15.0 Å². The highest BCUT2D eigenvalue weighted by Crippen LogP contribution is 2.57. The summed E-state index contributed by atoms with van der Waals surface area (Å²) in [6.45, 7) is 13.1. The number of pyridine rings is 3. The Morgan fingerprint density at radius 1 is 0.290 bits per heavy atom. The van der Waals surface area contributed by atoms with Gasteiger partial charge in [0.15, 0.2) is 10.9 Å². The third-order valence-corrected chi connectivity index (χ3v) is 28.4. The predicted octanol–water partition coefficient (Wildman–Crippen LogP) is 23.8. The number of fused-ring (bicyclic) bond motifs is 9. The standard InChI is InChI=1S/C41H30N4O3S.C38H26N2O2S.C31H26N4O3S/c1-41(2)34-23-31(43(27-15-7-3-8-16-27)28-17-9-4-10-18-28)26-42-36(34)37-35(41)25-32(49-37)24-33-38(46)44(29-19-11-5-12-20-29)40(48)45(39(33)47)30-21-13-6-14-22-30;1-38(2)31-19-26(40(24-13-5-3-6-14-24)25-15-7-4-8-16-25)22-39-34(31)37-32(38)21-27(43-37)20-30-35(41)28-17-9-11-23-12-10-18-29(33(23)28)36(30)42;1-31(2)24-15-21(35(19-11-7-5-8-12-19)20-13-9-6-10-14-20)18-32-26(24)27-25(31)17-22(39-27)16-23-28(36)33(3)30(38)34(4)29(23)37/h3-26H,1-2H3;3-22H,1-2H3;5-18H,1-4H3. The summed E-state index contributed by atoms with van der Waals surface area (Å²) in [5.41, 5.74) is 17.8. The van der Waals surface area contributed by atoms with Crippen molar-refractivity contribution in [2.75, 3.05) is 38.6 Å².